The highest BCUT2D eigenvalue weighted by Gasteiger charge is 2.43. The zero-order valence-electron chi connectivity index (χ0n) is 20.5. The van der Waals surface area contributed by atoms with Crippen LogP contribution in [0.25, 0.3) is 0 Å². The van der Waals surface area contributed by atoms with Gasteiger partial charge in [0.2, 0.25) is 0 Å². The fourth-order valence-electron chi connectivity index (χ4n) is 4.25. The zero-order chi connectivity index (χ0) is 25.5. The van der Waals surface area contributed by atoms with E-state index < -0.39 is 54.9 Å². The lowest BCUT2D eigenvalue weighted by Gasteiger charge is -2.39. The lowest BCUT2D eigenvalue weighted by atomic mass is 9.81. The Morgan fingerprint density at radius 1 is 0.735 bits per heavy atom. The van der Waals surface area contributed by atoms with Crippen LogP contribution in [0.1, 0.15) is 77.6 Å². The van der Waals surface area contributed by atoms with Gasteiger partial charge in [-0.25, -0.2) is 0 Å². The molecule has 0 aliphatic heterocycles. The maximum atomic E-state index is 10.1. The summed E-state index contributed by atoms with van der Waals surface area (Å²) >= 11 is 0. The molecular weight excluding hydrogens is 448 g/mol. The van der Waals surface area contributed by atoms with Crippen LogP contribution in [0.5, 0.6) is 0 Å². The molecule has 10 heteroatoms. The molecule has 0 radical (unpaired) electrons. The molecule has 9 unspecified atom stereocenters. The number of ether oxygens (including phenoxy) is 2. The number of hydrogen-bond donors (Lipinski definition) is 8. The summed E-state index contributed by atoms with van der Waals surface area (Å²) in [5.74, 6) is -0.654. The molecule has 1 rings (SSSR count). The molecule has 1 aliphatic carbocycles. The SMILES string of the molecule is CCCCCCCCCCCOC(O)C(O)C(O)C(O)CCOC1CC(CO)C(O)C(O)C1O. The fourth-order valence-corrected chi connectivity index (χ4v) is 4.25. The Bertz CT molecular complexity index is 494. The molecule has 0 aromatic rings. The summed E-state index contributed by atoms with van der Waals surface area (Å²) in [6.45, 7) is 1.93. The van der Waals surface area contributed by atoms with Crippen LogP contribution in [-0.2, 0) is 9.47 Å². The standard InChI is InChI=1S/C24H48O10/c1-2-3-4-5-6-7-8-9-10-12-34-24(32)23(31)20(28)17(26)11-13-33-18-14-16(15-25)19(27)22(30)21(18)29/h16-32H,2-15H2,1H3. The second-order valence-electron chi connectivity index (χ2n) is 9.49. The summed E-state index contributed by atoms with van der Waals surface area (Å²) in [6.07, 6.45) is -1.18. The highest BCUT2D eigenvalue weighted by atomic mass is 16.6. The third-order valence-corrected chi connectivity index (χ3v) is 6.65. The summed E-state index contributed by atoms with van der Waals surface area (Å²) in [6, 6.07) is 0. The minimum absolute atomic E-state index is 0.114. The first kappa shape index (κ1) is 31.6. The van der Waals surface area contributed by atoms with E-state index in [0.29, 0.717) is 0 Å². The van der Waals surface area contributed by atoms with Crippen molar-refractivity contribution in [3.8, 4) is 0 Å². The Kier molecular flexibility index (Phi) is 16.7. The van der Waals surface area contributed by atoms with Crippen molar-refractivity contribution in [2.45, 2.75) is 127 Å². The number of aliphatic hydroxyl groups excluding tert-OH is 8. The van der Waals surface area contributed by atoms with E-state index in [-0.39, 0.29) is 32.7 Å². The highest BCUT2D eigenvalue weighted by molar-refractivity contribution is 4.93. The van der Waals surface area contributed by atoms with E-state index in [9.17, 15) is 40.9 Å². The van der Waals surface area contributed by atoms with Crippen molar-refractivity contribution >= 4 is 0 Å². The first-order chi connectivity index (χ1) is 16.2. The predicted octanol–water partition coefficient (Wildman–Crippen LogP) is -0.195. The van der Waals surface area contributed by atoms with Crippen molar-refractivity contribution in [1.82, 2.24) is 0 Å². The second kappa shape index (κ2) is 17.9. The van der Waals surface area contributed by atoms with Crippen molar-refractivity contribution in [1.29, 1.82) is 0 Å². The van der Waals surface area contributed by atoms with Gasteiger partial charge in [0, 0.05) is 25.7 Å². The van der Waals surface area contributed by atoms with Crippen LogP contribution in [-0.4, -0.2) is 110 Å². The molecule has 1 aliphatic rings. The van der Waals surface area contributed by atoms with Crippen molar-refractivity contribution < 1.29 is 50.3 Å². The largest absolute Gasteiger partial charge is 0.396 e. The van der Waals surface area contributed by atoms with Gasteiger partial charge in [0.25, 0.3) is 0 Å². The van der Waals surface area contributed by atoms with Crippen LogP contribution in [0.3, 0.4) is 0 Å². The molecule has 34 heavy (non-hydrogen) atoms. The van der Waals surface area contributed by atoms with Crippen LogP contribution in [0, 0.1) is 5.92 Å². The number of aliphatic hydroxyl groups is 8. The van der Waals surface area contributed by atoms with Crippen LogP contribution < -0.4 is 0 Å². The topological polar surface area (TPSA) is 180 Å². The molecule has 204 valence electrons. The average Bonchev–Trinajstić information content (AvgIpc) is 2.83. The van der Waals surface area contributed by atoms with Gasteiger partial charge in [-0.2, -0.15) is 0 Å². The lowest BCUT2D eigenvalue weighted by Crippen LogP contribution is -2.55. The molecule has 10 nitrogen and oxygen atoms in total. The first-order valence-corrected chi connectivity index (χ1v) is 12.8. The van der Waals surface area contributed by atoms with Crippen molar-refractivity contribution in [3.05, 3.63) is 0 Å². The van der Waals surface area contributed by atoms with E-state index in [0.717, 1.165) is 19.3 Å². The summed E-state index contributed by atoms with van der Waals surface area (Å²) < 4.78 is 10.7. The molecule has 0 saturated heterocycles. The smallest absolute Gasteiger partial charge is 0.183 e. The van der Waals surface area contributed by atoms with E-state index in [4.69, 9.17) is 9.47 Å². The third-order valence-electron chi connectivity index (χ3n) is 6.65. The van der Waals surface area contributed by atoms with E-state index in [1.807, 2.05) is 0 Å². The van der Waals surface area contributed by atoms with E-state index in [1.165, 1.54) is 38.5 Å². The number of rotatable bonds is 19. The molecule has 0 heterocycles. The maximum absolute atomic E-state index is 10.1. The second-order valence-corrected chi connectivity index (χ2v) is 9.49. The van der Waals surface area contributed by atoms with Gasteiger partial charge in [0.1, 0.15) is 24.4 Å². The molecule has 0 spiro atoms. The summed E-state index contributed by atoms with van der Waals surface area (Å²) in [5, 5.41) is 79.3. The van der Waals surface area contributed by atoms with Gasteiger partial charge in [-0.15, -0.1) is 0 Å². The molecule has 0 aromatic heterocycles. The number of unbranched alkanes of at least 4 members (excludes halogenated alkanes) is 8. The lowest BCUT2D eigenvalue weighted by molar-refractivity contribution is -0.205. The molecule has 1 fully saturated rings. The quantitative estimate of drug-likeness (QED) is 0.0881. The van der Waals surface area contributed by atoms with Crippen LogP contribution in [0.4, 0.5) is 0 Å². The third kappa shape index (κ3) is 11.1. The molecule has 8 N–H and O–H groups in total. The van der Waals surface area contributed by atoms with Gasteiger partial charge in [0.15, 0.2) is 6.29 Å². The number of hydrogen-bond acceptors (Lipinski definition) is 10. The Morgan fingerprint density at radius 3 is 1.91 bits per heavy atom. The molecule has 9 atom stereocenters. The monoisotopic (exact) mass is 496 g/mol. The summed E-state index contributed by atoms with van der Waals surface area (Å²) in [5.41, 5.74) is 0. The Labute approximate surface area is 203 Å². The Hall–Kier alpha value is -0.400. The Morgan fingerprint density at radius 2 is 1.32 bits per heavy atom. The molecule has 0 aromatic carbocycles. The Balaban J connectivity index is 2.21. The molecule has 1 saturated carbocycles. The van der Waals surface area contributed by atoms with Crippen molar-refractivity contribution in [3.63, 3.8) is 0 Å². The maximum Gasteiger partial charge on any atom is 0.183 e. The summed E-state index contributed by atoms with van der Waals surface area (Å²) in [4.78, 5) is 0. The average molecular weight is 497 g/mol. The van der Waals surface area contributed by atoms with Crippen LogP contribution in [0.2, 0.25) is 0 Å². The van der Waals surface area contributed by atoms with Crippen LogP contribution in [0.15, 0.2) is 0 Å². The van der Waals surface area contributed by atoms with Crippen molar-refractivity contribution in [2.75, 3.05) is 19.8 Å². The summed E-state index contributed by atoms with van der Waals surface area (Å²) in [7, 11) is 0. The minimum atomic E-state index is -1.70. The van der Waals surface area contributed by atoms with Crippen molar-refractivity contribution in [2.24, 2.45) is 5.92 Å². The highest BCUT2D eigenvalue weighted by Crippen LogP contribution is 2.28. The van der Waals surface area contributed by atoms with E-state index in [2.05, 4.69) is 6.92 Å². The van der Waals surface area contributed by atoms with Crippen LogP contribution >= 0.6 is 0 Å². The van der Waals surface area contributed by atoms with E-state index >= 15 is 0 Å². The normalized spacial score (nSPS) is 29.0. The molecule has 0 bridgehead atoms. The molecule has 0 amide bonds. The van der Waals surface area contributed by atoms with E-state index in [1.54, 1.807) is 0 Å². The fraction of sp³-hybridized carbons (Fsp3) is 1.00. The zero-order valence-corrected chi connectivity index (χ0v) is 20.5. The van der Waals surface area contributed by atoms with Gasteiger partial charge >= 0.3 is 0 Å². The predicted molar refractivity (Wildman–Crippen MR) is 125 cm³/mol. The first-order valence-electron chi connectivity index (χ1n) is 12.8. The van der Waals surface area contributed by atoms with Gasteiger partial charge in [-0.1, -0.05) is 58.3 Å². The minimum Gasteiger partial charge on any atom is -0.396 e. The van der Waals surface area contributed by atoms with Gasteiger partial charge < -0.3 is 50.3 Å². The van der Waals surface area contributed by atoms with Gasteiger partial charge in [-0.3, -0.25) is 0 Å². The van der Waals surface area contributed by atoms with Gasteiger partial charge in [0.05, 0.1) is 18.3 Å². The van der Waals surface area contributed by atoms with Gasteiger partial charge in [-0.05, 0) is 19.3 Å². The molecular formula is C24H48O10.